The lowest BCUT2D eigenvalue weighted by atomic mass is 10.0. The predicted octanol–water partition coefficient (Wildman–Crippen LogP) is 6.80. The van der Waals surface area contributed by atoms with E-state index in [9.17, 15) is 9.59 Å². The third-order valence-corrected chi connectivity index (χ3v) is 6.75. The maximum Gasteiger partial charge on any atom is 0.265 e. The minimum Gasteiger partial charge on any atom is -0.485 e. The molecule has 5 heteroatoms. The first kappa shape index (κ1) is 21.9. The molecule has 0 saturated carbocycles. The van der Waals surface area contributed by atoms with Gasteiger partial charge in [-0.05, 0) is 60.4 Å². The van der Waals surface area contributed by atoms with Gasteiger partial charge in [-0.15, -0.1) is 0 Å². The Hall–Kier alpha value is -3.96. The van der Waals surface area contributed by atoms with Crippen LogP contribution in [-0.2, 0) is 0 Å². The Balaban J connectivity index is 0.000000142. The number of nitrogens with one attached hydrogen (secondary N) is 1. The number of benzene rings is 4. The van der Waals surface area contributed by atoms with Gasteiger partial charge in [0, 0.05) is 0 Å². The Morgan fingerprint density at radius 1 is 0.706 bits per heavy atom. The Kier molecular flexibility index (Phi) is 5.86. The van der Waals surface area contributed by atoms with Crippen molar-refractivity contribution in [1.29, 1.82) is 0 Å². The molecule has 4 nitrogen and oxygen atoms in total. The summed E-state index contributed by atoms with van der Waals surface area (Å²) in [6.45, 7) is 4.30. The molecule has 0 fully saturated rings. The van der Waals surface area contributed by atoms with Crippen molar-refractivity contribution in [1.82, 2.24) is 4.37 Å². The highest BCUT2D eigenvalue weighted by molar-refractivity contribution is 7.13. The lowest BCUT2D eigenvalue weighted by Crippen LogP contribution is -1.98. The van der Waals surface area contributed by atoms with E-state index in [1.54, 1.807) is 0 Å². The molecule has 4 aromatic carbocycles. The van der Waals surface area contributed by atoms with Crippen LogP contribution in [0.15, 0.2) is 89.7 Å². The van der Waals surface area contributed by atoms with Gasteiger partial charge in [0.1, 0.15) is 5.75 Å². The molecular weight excluding hydrogens is 442 g/mol. The number of rotatable bonds is 2. The number of ketones is 1. The molecule has 1 aliphatic heterocycles. The molecule has 5 aromatic rings. The molecule has 6 rings (SSSR count). The monoisotopic (exact) mass is 465 g/mol. The van der Waals surface area contributed by atoms with Crippen LogP contribution in [0.5, 0.6) is 5.75 Å². The first-order chi connectivity index (χ1) is 16.5. The Bertz CT molecular complexity index is 1540. The van der Waals surface area contributed by atoms with E-state index in [2.05, 4.69) is 72.8 Å². The van der Waals surface area contributed by atoms with Gasteiger partial charge in [0.05, 0.1) is 15.6 Å². The molecule has 0 saturated heterocycles. The van der Waals surface area contributed by atoms with Gasteiger partial charge in [0.15, 0.2) is 6.61 Å². The molecular formula is C29H23NO3S. The maximum atomic E-state index is 11.6. The van der Waals surface area contributed by atoms with E-state index in [1.807, 2.05) is 30.3 Å². The number of aromatic nitrogens is 1. The maximum absolute atomic E-state index is 11.6. The summed E-state index contributed by atoms with van der Waals surface area (Å²) in [5, 5.41) is 0.771. The molecule has 1 aliphatic rings. The average molecular weight is 466 g/mol. The van der Waals surface area contributed by atoms with Gasteiger partial charge in [-0.3, -0.25) is 14.0 Å². The zero-order chi connectivity index (χ0) is 23.7. The van der Waals surface area contributed by atoms with Crippen LogP contribution in [0.4, 0.5) is 0 Å². The highest BCUT2D eigenvalue weighted by Gasteiger charge is 2.21. The number of H-pyrrole nitrogens is 1. The number of Topliss-reactive ketones (excluding diaryl/α,β-unsaturated/α-hetero) is 1. The second-order valence-electron chi connectivity index (χ2n) is 8.40. The lowest BCUT2D eigenvalue weighted by Gasteiger charge is -2.04. The summed E-state index contributed by atoms with van der Waals surface area (Å²) < 4.78 is 9.03. The summed E-state index contributed by atoms with van der Waals surface area (Å²) in [6.07, 6.45) is 0. The van der Waals surface area contributed by atoms with Crippen LogP contribution in [0, 0.1) is 13.8 Å². The molecule has 0 radical (unpaired) electrons. The molecule has 0 spiro atoms. The molecule has 1 aromatic heterocycles. The van der Waals surface area contributed by atoms with Crippen molar-refractivity contribution in [3.63, 3.8) is 0 Å². The third-order valence-electron chi connectivity index (χ3n) is 5.89. The normalized spacial score (nSPS) is 12.1. The van der Waals surface area contributed by atoms with E-state index in [4.69, 9.17) is 4.74 Å². The number of aromatic amines is 1. The number of carbonyl (C=O) groups excluding carboxylic acids is 1. The molecule has 0 aliphatic carbocycles. The van der Waals surface area contributed by atoms with Crippen LogP contribution in [0.25, 0.3) is 32.3 Å². The highest BCUT2D eigenvalue weighted by atomic mass is 32.1. The Morgan fingerprint density at radius 3 is 1.91 bits per heavy atom. The molecule has 0 amide bonds. The van der Waals surface area contributed by atoms with Crippen molar-refractivity contribution in [2.24, 2.45) is 0 Å². The molecule has 168 valence electrons. The SMILES string of the molecule is Cc1ccc(-c2ccc3c(c2)C(=O)CO3)cc1.Cc1ccc(-c2ccc3s[nH]c(=O)c3c2)cc1. The van der Waals surface area contributed by atoms with Crippen LogP contribution in [0.3, 0.4) is 0 Å². The molecule has 0 unspecified atom stereocenters. The van der Waals surface area contributed by atoms with Crippen LogP contribution < -0.4 is 10.3 Å². The first-order valence-corrected chi connectivity index (χ1v) is 11.8. The molecule has 1 N–H and O–H groups in total. The van der Waals surface area contributed by atoms with Gasteiger partial charge in [0.25, 0.3) is 5.56 Å². The van der Waals surface area contributed by atoms with E-state index in [-0.39, 0.29) is 17.9 Å². The quantitative estimate of drug-likeness (QED) is 0.312. The fourth-order valence-electron chi connectivity index (χ4n) is 3.90. The van der Waals surface area contributed by atoms with E-state index >= 15 is 0 Å². The molecule has 0 atom stereocenters. The summed E-state index contributed by atoms with van der Waals surface area (Å²) in [6, 6.07) is 28.4. The topological polar surface area (TPSA) is 59.2 Å². The fourth-order valence-corrected chi connectivity index (χ4v) is 4.61. The summed E-state index contributed by atoms with van der Waals surface area (Å²) in [5.41, 5.74) is 7.57. The predicted molar refractivity (Wildman–Crippen MR) is 139 cm³/mol. The number of carbonyl (C=O) groups is 1. The highest BCUT2D eigenvalue weighted by Crippen LogP contribution is 2.30. The van der Waals surface area contributed by atoms with Gasteiger partial charge in [0.2, 0.25) is 5.78 Å². The number of hydrogen-bond donors (Lipinski definition) is 1. The summed E-state index contributed by atoms with van der Waals surface area (Å²) in [5.74, 6) is 0.764. The second kappa shape index (κ2) is 9.12. The second-order valence-corrected chi connectivity index (χ2v) is 9.25. The van der Waals surface area contributed by atoms with Crippen LogP contribution in [-0.4, -0.2) is 16.8 Å². The van der Waals surface area contributed by atoms with Crippen molar-refractivity contribution in [2.45, 2.75) is 13.8 Å². The molecule has 34 heavy (non-hydrogen) atoms. The Labute approximate surface area is 201 Å². The van der Waals surface area contributed by atoms with Crippen molar-refractivity contribution in [3.05, 3.63) is 112 Å². The van der Waals surface area contributed by atoms with Crippen molar-refractivity contribution in [3.8, 4) is 28.0 Å². The number of aryl methyl sites for hydroxylation is 2. The van der Waals surface area contributed by atoms with Crippen LogP contribution in [0.1, 0.15) is 21.5 Å². The van der Waals surface area contributed by atoms with Crippen molar-refractivity contribution < 1.29 is 9.53 Å². The van der Waals surface area contributed by atoms with E-state index in [0.717, 1.165) is 32.3 Å². The smallest absolute Gasteiger partial charge is 0.265 e. The zero-order valence-corrected chi connectivity index (χ0v) is 19.7. The van der Waals surface area contributed by atoms with E-state index in [0.29, 0.717) is 11.3 Å². The number of fused-ring (bicyclic) bond motifs is 2. The fraction of sp³-hybridized carbons (Fsp3) is 0.103. The van der Waals surface area contributed by atoms with Gasteiger partial charge in [-0.2, -0.15) is 0 Å². The largest absolute Gasteiger partial charge is 0.485 e. The minimum absolute atomic E-state index is 0.000961. The van der Waals surface area contributed by atoms with Crippen LogP contribution >= 0.6 is 11.5 Å². The minimum atomic E-state index is -0.000961. The van der Waals surface area contributed by atoms with Crippen LogP contribution in [0.2, 0.25) is 0 Å². The van der Waals surface area contributed by atoms with Gasteiger partial charge in [-0.25, -0.2) is 0 Å². The van der Waals surface area contributed by atoms with Gasteiger partial charge in [-0.1, -0.05) is 83.3 Å². The van der Waals surface area contributed by atoms with Gasteiger partial charge < -0.3 is 4.74 Å². The molecule has 2 heterocycles. The number of ether oxygens (including phenoxy) is 1. The lowest BCUT2D eigenvalue weighted by molar-refractivity contribution is 0.0961. The van der Waals surface area contributed by atoms with Gasteiger partial charge >= 0.3 is 0 Å². The Morgan fingerprint density at radius 2 is 1.26 bits per heavy atom. The third kappa shape index (κ3) is 4.43. The van der Waals surface area contributed by atoms with E-state index < -0.39 is 0 Å². The average Bonchev–Trinajstić information content (AvgIpc) is 3.42. The summed E-state index contributed by atoms with van der Waals surface area (Å²) in [4.78, 5) is 23.1. The summed E-state index contributed by atoms with van der Waals surface area (Å²) >= 11 is 1.38. The van der Waals surface area contributed by atoms with Crippen molar-refractivity contribution >= 4 is 27.4 Å². The van der Waals surface area contributed by atoms with Crippen molar-refractivity contribution in [2.75, 3.05) is 6.61 Å². The zero-order valence-electron chi connectivity index (χ0n) is 18.9. The number of hydrogen-bond acceptors (Lipinski definition) is 4. The van der Waals surface area contributed by atoms with E-state index in [1.165, 1.54) is 22.7 Å². The molecule has 0 bridgehead atoms. The first-order valence-electron chi connectivity index (χ1n) is 11.0. The summed E-state index contributed by atoms with van der Waals surface area (Å²) in [7, 11) is 0. The standard InChI is InChI=1S/C15H12O2.C14H11NOS/c1-10-2-4-11(5-3-10)12-6-7-15-13(8-12)14(16)9-17-15;1-9-2-4-10(5-3-9)11-6-7-13-12(8-11)14(16)15-17-13/h2-8H,9H2,1H3;2-8H,1H3,(H,15,16).